The Morgan fingerprint density at radius 2 is 0.567 bits per heavy atom. The highest BCUT2D eigenvalue weighted by atomic mass is 33.1. The molecule has 2 rings (SSSR count). The lowest BCUT2D eigenvalue weighted by atomic mass is 10.0. The fourth-order valence-electron chi connectivity index (χ4n) is 6.95. The van der Waals surface area contributed by atoms with E-state index in [4.69, 9.17) is 0 Å². The zero-order valence-electron chi connectivity index (χ0n) is 40.2. The molecule has 0 heterocycles. The van der Waals surface area contributed by atoms with Crippen LogP contribution in [0.2, 0.25) is 0 Å². The van der Waals surface area contributed by atoms with Crippen LogP contribution >= 0.6 is 21.6 Å². The second kappa shape index (κ2) is 38.7. The number of carboxylic acids is 2. The van der Waals surface area contributed by atoms with E-state index in [-0.39, 0.29) is 11.1 Å². The second-order valence-electron chi connectivity index (χ2n) is 19.0. The molecule has 0 aliphatic heterocycles. The summed E-state index contributed by atoms with van der Waals surface area (Å²) in [7, 11) is 16.7. The summed E-state index contributed by atoms with van der Waals surface area (Å²) in [6, 6.07) is 12.7. The largest absolute Gasteiger partial charge is 0.545 e. The molecule has 0 saturated carbocycles. The molecule has 0 atom stereocenters. The molecule has 60 heavy (non-hydrogen) atoms. The summed E-state index contributed by atoms with van der Waals surface area (Å²) in [5.74, 6) is -2.40. The van der Waals surface area contributed by atoms with E-state index in [1.54, 1.807) is 24.3 Å². The number of nitrogens with zero attached hydrogens (tertiary/aromatic N) is 2. The van der Waals surface area contributed by atoms with E-state index in [0.717, 1.165) is 18.8 Å². The van der Waals surface area contributed by atoms with Crippen molar-refractivity contribution in [3.63, 3.8) is 0 Å². The Hall–Kier alpha value is -2.00. The molecule has 0 radical (unpaired) electrons. The first-order valence-corrected chi connectivity index (χ1v) is 26.4. The molecule has 0 N–H and O–H groups in total. The van der Waals surface area contributed by atoms with Gasteiger partial charge in [-0.1, -0.05) is 214 Å². The number of quaternary nitrogens is 2. The van der Waals surface area contributed by atoms with Gasteiger partial charge in [0.15, 0.2) is 0 Å². The van der Waals surface area contributed by atoms with Gasteiger partial charge in [0, 0.05) is 9.79 Å². The van der Waals surface area contributed by atoms with Crippen molar-refractivity contribution >= 4 is 33.5 Å². The summed E-state index contributed by atoms with van der Waals surface area (Å²) < 4.78 is 2.25. The predicted molar refractivity (Wildman–Crippen MR) is 260 cm³/mol. The fourth-order valence-corrected chi connectivity index (χ4v) is 8.88. The number of rotatable bonds is 35. The Balaban J connectivity index is 0.000000870. The van der Waals surface area contributed by atoms with Crippen molar-refractivity contribution in [3.05, 3.63) is 59.7 Å². The molecule has 0 aliphatic rings. The quantitative estimate of drug-likeness (QED) is 0.0390. The molecule has 346 valence electrons. The molecular formula is C52H92N2O4S2. The van der Waals surface area contributed by atoms with Gasteiger partial charge in [-0.2, -0.15) is 0 Å². The lowest BCUT2D eigenvalue weighted by molar-refractivity contribution is -0.870. The number of benzene rings is 2. The van der Waals surface area contributed by atoms with Crippen LogP contribution in [-0.4, -0.2) is 76.3 Å². The number of unbranched alkanes of at least 4 members (excludes halogenated alkanes) is 26. The van der Waals surface area contributed by atoms with Crippen LogP contribution in [0, 0.1) is 0 Å². The van der Waals surface area contributed by atoms with Gasteiger partial charge in [0.25, 0.3) is 0 Å². The minimum absolute atomic E-state index is 0.137. The number of carbonyl (C=O) groups excluding carboxylic acids is 2. The van der Waals surface area contributed by atoms with E-state index in [9.17, 15) is 19.8 Å². The number of hydrogen-bond donors (Lipinski definition) is 0. The first-order chi connectivity index (χ1) is 28.7. The van der Waals surface area contributed by atoms with Gasteiger partial charge in [-0.25, -0.2) is 0 Å². The zero-order valence-corrected chi connectivity index (χ0v) is 41.8. The third kappa shape index (κ3) is 40.1. The van der Waals surface area contributed by atoms with E-state index < -0.39 is 11.9 Å². The topological polar surface area (TPSA) is 80.3 Å². The molecule has 0 unspecified atom stereocenters. The molecule has 0 aromatic heterocycles. The first kappa shape index (κ1) is 58.0. The predicted octanol–water partition coefficient (Wildman–Crippen LogP) is 13.6. The van der Waals surface area contributed by atoms with E-state index in [1.165, 1.54) is 239 Å². The summed E-state index contributed by atoms with van der Waals surface area (Å²) in [6.45, 7) is 7.25. The summed E-state index contributed by atoms with van der Waals surface area (Å²) in [4.78, 5) is 23.0. The summed E-state index contributed by atoms with van der Waals surface area (Å²) >= 11 is 0. The maximum atomic E-state index is 10.6. The Morgan fingerprint density at radius 3 is 0.750 bits per heavy atom. The Kier molecular flexibility index (Phi) is 37.4. The van der Waals surface area contributed by atoms with Gasteiger partial charge in [0.2, 0.25) is 0 Å². The molecule has 0 spiro atoms. The molecule has 6 nitrogen and oxygen atoms in total. The SMILES string of the molecule is CCCCCCCCCCCCCCCC[N+](C)(C)C.CCCCCCCCCCCCCCCC[N+](C)(C)C.O=C([O-])c1ccc(SSc2ccc(C(=O)[O-])cc2)cc1. The van der Waals surface area contributed by atoms with Gasteiger partial charge in [-0.3, -0.25) is 0 Å². The molecule has 8 heteroatoms. The van der Waals surface area contributed by atoms with E-state index >= 15 is 0 Å². The minimum atomic E-state index is -1.20. The highest BCUT2D eigenvalue weighted by Crippen LogP contribution is 2.37. The highest BCUT2D eigenvalue weighted by molar-refractivity contribution is 8.76. The zero-order chi connectivity index (χ0) is 44.7. The van der Waals surface area contributed by atoms with Crippen molar-refractivity contribution in [1.82, 2.24) is 0 Å². The summed E-state index contributed by atoms with van der Waals surface area (Å²) in [5, 5.41) is 21.2. The van der Waals surface area contributed by atoms with Crippen molar-refractivity contribution in [2.24, 2.45) is 0 Å². The van der Waals surface area contributed by atoms with Crippen LogP contribution < -0.4 is 10.2 Å². The smallest absolute Gasteiger partial charge is 0.0780 e. The van der Waals surface area contributed by atoms with Gasteiger partial charge >= 0.3 is 0 Å². The van der Waals surface area contributed by atoms with Gasteiger partial charge in [-0.05, 0) is 61.1 Å². The molecule has 0 aliphatic carbocycles. The highest BCUT2D eigenvalue weighted by Gasteiger charge is 2.06. The van der Waals surface area contributed by atoms with Gasteiger partial charge in [0.05, 0.1) is 67.3 Å². The van der Waals surface area contributed by atoms with Crippen LogP contribution in [0.25, 0.3) is 0 Å². The van der Waals surface area contributed by atoms with Gasteiger partial charge < -0.3 is 28.8 Å². The van der Waals surface area contributed by atoms with Crippen molar-refractivity contribution in [2.45, 2.75) is 203 Å². The van der Waals surface area contributed by atoms with Crippen LogP contribution in [-0.2, 0) is 0 Å². The van der Waals surface area contributed by atoms with E-state index in [2.05, 4.69) is 56.1 Å². The van der Waals surface area contributed by atoms with E-state index in [0.29, 0.717) is 0 Å². The molecule has 0 bridgehead atoms. The molecule has 0 saturated heterocycles. The maximum absolute atomic E-state index is 10.6. The molecular weight excluding hydrogens is 781 g/mol. The first-order valence-electron chi connectivity index (χ1n) is 24.3. The Bertz CT molecular complexity index is 1170. The van der Waals surface area contributed by atoms with Gasteiger partial charge in [0.1, 0.15) is 0 Å². The van der Waals surface area contributed by atoms with Crippen molar-refractivity contribution in [2.75, 3.05) is 55.4 Å². The third-order valence-electron chi connectivity index (χ3n) is 10.8. The van der Waals surface area contributed by atoms with Crippen molar-refractivity contribution in [1.29, 1.82) is 0 Å². The van der Waals surface area contributed by atoms with Crippen LogP contribution in [0.4, 0.5) is 0 Å². The van der Waals surface area contributed by atoms with E-state index in [1.807, 2.05) is 0 Å². The fraction of sp³-hybridized carbons (Fsp3) is 0.731. The minimum Gasteiger partial charge on any atom is -0.545 e. The summed E-state index contributed by atoms with van der Waals surface area (Å²) in [6.07, 6.45) is 40.7. The summed E-state index contributed by atoms with van der Waals surface area (Å²) in [5.41, 5.74) is 0.273. The standard InChI is InChI=1S/2C19H42N.C14H10O4S2/c2*1-5-6-7-8-9-10-11-12-13-14-15-16-17-18-19-20(2,3)4;15-13(16)9-1-5-11(6-2-9)19-20-12-7-3-10(4-8-12)14(17)18/h2*5-19H2,1-4H3;1-8H,(H,15,16)(H,17,18)/q2*+1;/p-2. The average Bonchev–Trinajstić information content (AvgIpc) is 3.20. The lowest BCUT2D eigenvalue weighted by Gasteiger charge is -2.23. The Morgan fingerprint density at radius 1 is 0.367 bits per heavy atom. The monoisotopic (exact) mass is 873 g/mol. The molecule has 2 aromatic carbocycles. The maximum Gasteiger partial charge on any atom is 0.0780 e. The van der Waals surface area contributed by atoms with Crippen LogP contribution in [0.15, 0.2) is 58.3 Å². The number of hydrogen-bond acceptors (Lipinski definition) is 6. The Labute approximate surface area is 379 Å². The molecule has 2 aromatic rings. The van der Waals surface area contributed by atoms with Crippen molar-refractivity contribution < 1.29 is 28.8 Å². The number of aromatic carboxylic acids is 2. The average molecular weight is 873 g/mol. The molecule has 0 amide bonds. The number of carboxylic acid groups (broad SMARTS) is 2. The van der Waals surface area contributed by atoms with Crippen LogP contribution in [0.1, 0.15) is 214 Å². The third-order valence-corrected chi connectivity index (χ3v) is 13.2. The normalized spacial score (nSPS) is 11.4. The van der Waals surface area contributed by atoms with Gasteiger partial charge in [-0.15, -0.1) is 0 Å². The van der Waals surface area contributed by atoms with Crippen LogP contribution in [0.3, 0.4) is 0 Å². The van der Waals surface area contributed by atoms with Crippen molar-refractivity contribution in [3.8, 4) is 0 Å². The van der Waals surface area contributed by atoms with Crippen LogP contribution in [0.5, 0.6) is 0 Å². The lowest BCUT2D eigenvalue weighted by Crippen LogP contribution is -2.35. The molecule has 0 fully saturated rings. The number of carbonyl (C=O) groups is 2. The second-order valence-corrected chi connectivity index (χ2v) is 21.3.